The van der Waals surface area contributed by atoms with Crippen molar-refractivity contribution in [3.8, 4) is 0 Å². The zero-order valence-electron chi connectivity index (χ0n) is 10.8. The van der Waals surface area contributed by atoms with Gasteiger partial charge >= 0.3 is 0 Å². The lowest BCUT2D eigenvalue weighted by molar-refractivity contribution is -0.385. The number of carbonyl (C=O) groups excluding carboxylic acids is 1. The number of aromatic nitrogens is 1. The number of benzene rings is 1. The minimum absolute atomic E-state index is 0.310. The van der Waals surface area contributed by atoms with Crippen molar-refractivity contribution in [2.24, 2.45) is 0 Å². The predicted octanol–water partition coefficient (Wildman–Crippen LogP) is 2.93. The number of nitro benzene ring substituents is 1. The van der Waals surface area contributed by atoms with E-state index in [0.717, 1.165) is 48.0 Å². The van der Waals surface area contributed by atoms with Gasteiger partial charge in [0.2, 0.25) is 0 Å². The Morgan fingerprint density at radius 3 is 2.95 bits per heavy atom. The summed E-state index contributed by atoms with van der Waals surface area (Å²) in [7, 11) is 0. The smallest absolute Gasteiger partial charge is 0.282 e. The quantitative estimate of drug-likeness (QED) is 0.698. The maximum atomic E-state index is 13.2. The molecule has 1 N–H and O–H groups in total. The van der Waals surface area contributed by atoms with Gasteiger partial charge in [0.25, 0.3) is 11.6 Å². The normalized spacial score (nSPS) is 13.0. The van der Waals surface area contributed by atoms with Crippen molar-refractivity contribution in [1.29, 1.82) is 0 Å². The van der Waals surface area contributed by atoms with E-state index in [9.17, 15) is 19.3 Å². The second kappa shape index (κ2) is 5.21. The molecule has 0 radical (unpaired) electrons. The summed E-state index contributed by atoms with van der Waals surface area (Å²) in [5, 5.41) is 13.8. The van der Waals surface area contributed by atoms with Crippen LogP contribution in [-0.4, -0.2) is 15.8 Å². The Hall–Kier alpha value is -2.35. The third-order valence-electron chi connectivity index (χ3n) is 3.22. The van der Waals surface area contributed by atoms with Crippen molar-refractivity contribution >= 4 is 28.1 Å². The van der Waals surface area contributed by atoms with Gasteiger partial charge in [0.15, 0.2) is 5.13 Å². The van der Waals surface area contributed by atoms with Gasteiger partial charge in [-0.15, -0.1) is 11.3 Å². The van der Waals surface area contributed by atoms with Crippen LogP contribution in [0.5, 0.6) is 0 Å². The SMILES string of the molecule is O=C(Nc1nc2c(s1)CCC2)c1cc(F)ccc1[N+](=O)[O-]. The van der Waals surface area contributed by atoms with Crippen LogP contribution in [0.3, 0.4) is 0 Å². The van der Waals surface area contributed by atoms with Gasteiger partial charge in [-0.2, -0.15) is 0 Å². The van der Waals surface area contributed by atoms with Crippen LogP contribution in [0.15, 0.2) is 18.2 Å². The van der Waals surface area contributed by atoms with Gasteiger partial charge in [-0.3, -0.25) is 20.2 Å². The largest absolute Gasteiger partial charge is 0.298 e. The molecule has 0 unspecified atom stereocenters. The molecule has 1 aromatic heterocycles. The van der Waals surface area contributed by atoms with Gasteiger partial charge in [-0.1, -0.05) is 0 Å². The molecule has 1 heterocycles. The molecule has 2 aromatic rings. The second-order valence-corrected chi connectivity index (χ2v) is 5.70. The fourth-order valence-corrected chi connectivity index (χ4v) is 3.30. The number of nitrogens with zero attached hydrogens (tertiary/aromatic N) is 2. The van der Waals surface area contributed by atoms with Crippen LogP contribution in [0.2, 0.25) is 0 Å². The van der Waals surface area contributed by atoms with Crippen molar-refractivity contribution in [3.05, 3.63) is 50.3 Å². The number of hydrogen-bond acceptors (Lipinski definition) is 5. The van der Waals surface area contributed by atoms with E-state index < -0.39 is 22.3 Å². The highest BCUT2D eigenvalue weighted by Gasteiger charge is 2.23. The summed E-state index contributed by atoms with van der Waals surface area (Å²) in [4.78, 5) is 27.7. The van der Waals surface area contributed by atoms with Crippen LogP contribution in [0.25, 0.3) is 0 Å². The first kappa shape index (κ1) is 13.6. The number of aryl methyl sites for hydroxylation is 2. The summed E-state index contributed by atoms with van der Waals surface area (Å²) in [6.07, 6.45) is 2.86. The van der Waals surface area contributed by atoms with Crippen molar-refractivity contribution in [2.75, 3.05) is 5.32 Å². The first-order valence-corrected chi connectivity index (χ1v) is 7.10. The van der Waals surface area contributed by atoms with Gasteiger partial charge in [0.1, 0.15) is 11.4 Å². The molecule has 6 nitrogen and oxygen atoms in total. The Kier molecular flexibility index (Phi) is 3.38. The fourth-order valence-electron chi connectivity index (χ4n) is 2.26. The lowest BCUT2D eigenvalue weighted by Gasteiger charge is -2.03. The van der Waals surface area contributed by atoms with Crippen molar-refractivity contribution < 1.29 is 14.1 Å². The van der Waals surface area contributed by atoms with Crippen LogP contribution in [-0.2, 0) is 12.8 Å². The molecule has 3 rings (SSSR count). The molecular weight excluding hydrogens is 297 g/mol. The number of carbonyl (C=O) groups is 1. The van der Waals surface area contributed by atoms with E-state index in [1.807, 2.05) is 0 Å². The van der Waals surface area contributed by atoms with Gasteiger partial charge in [-0.25, -0.2) is 9.37 Å². The molecule has 0 bridgehead atoms. The molecule has 0 saturated heterocycles. The zero-order valence-corrected chi connectivity index (χ0v) is 11.6. The molecule has 1 aliphatic rings. The van der Waals surface area contributed by atoms with E-state index in [4.69, 9.17) is 0 Å². The highest BCUT2D eigenvalue weighted by Crippen LogP contribution is 2.31. The van der Waals surface area contributed by atoms with Crippen molar-refractivity contribution in [1.82, 2.24) is 4.98 Å². The maximum Gasteiger partial charge on any atom is 0.282 e. The van der Waals surface area contributed by atoms with E-state index in [2.05, 4.69) is 10.3 Å². The summed E-state index contributed by atoms with van der Waals surface area (Å²) >= 11 is 1.36. The molecule has 1 aliphatic carbocycles. The van der Waals surface area contributed by atoms with Crippen LogP contribution in [0.4, 0.5) is 15.2 Å². The summed E-state index contributed by atoms with van der Waals surface area (Å²) < 4.78 is 13.2. The number of thiazole rings is 1. The number of rotatable bonds is 3. The van der Waals surface area contributed by atoms with E-state index in [0.29, 0.717) is 5.13 Å². The first-order valence-electron chi connectivity index (χ1n) is 6.28. The van der Waals surface area contributed by atoms with Crippen LogP contribution < -0.4 is 5.32 Å². The average molecular weight is 307 g/mol. The Bertz CT molecular complexity index is 723. The molecule has 0 saturated carbocycles. The van der Waals surface area contributed by atoms with Gasteiger partial charge in [0, 0.05) is 10.9 Å². The molecule has 0 fully saturated rings. The minimum atomic E-state index is -0.728. The van der Waals surface area contributed by atoms with Crippen LogP contribution in [0, 0.1) is 15.9 Å². The highest BCUT2D eigenvalue weighted by atomic mass is 32.1. The summed E-state index contributed by atoms with van der Waals surface area (Å²) in [5.74, 6) is -1.43. The molecule has 21 heavy (non-hydrogen) atoms. The summed E-state index contributed by atoms with van der Waals surface area (Å²) in [6, 6.07) is 2.79. The standard InChI is InChI=1S/C13H10FN3O3S/c14-7-4-5-10(17(19)20)8(6-7)12(18)16-13-15-9-2-1-3-11(9)21-13/h4-6H,1-3H2,(H,15,16,18). The van der Waals surface area contributed by atoms with Crippen LogP contribution in [0.1, 0.15) is 27.3 Å². The molecule has 8 heteroatoms. The Labute approximate surface area is 122 Å². The summed E-state index contributed by atoms with van der Waals surface area (Å²) in [6.45, 7) is 0. The Morgan fingerprint density at radius 2 is 2.24 bits per heavy atom. The van der Waals surface area contributed by atoms with E-state index in [-0.39, 0.29) is 5.56 Å². The van der Waals surface area contributed by atoms with Crippen molar-refractivity contribution in [3.63, 3.8) is 0 Å². The Balaban J connectivity index is 1.87. The predicted molar refractivity (Wildman–Crippen MR) is 75.1 cm³/mol. The monoisotopic (exact) mass is 307 g/mol. The molecular formula is C13H10FN3O3S. The maximum absolute atomic E-state index is 13.2. The lowest BCUT2D eigenvalue weighted by Crippen LogP contribution is -2.14. The average Bonchev–Trinajstić information content (AvgIpc) is 2.99. The van der Waals surface area contributed by atoms with Crippen molar-refractivity contribution in [2.45, 2.75) is 19.3 Å². The fraction of sp³-hybridized carbons (Fsp3) is 0.231. The topological polar surface area (TPSA) is 85.1 Å². The molecule has 0 aliphatic heterocycles. The number of amides is 1. The number of nitrogens with one attached hydrogen (secondary N) is 1. The van der Waals surface area contributed by atoms with Gasteiger partial charge < -0.3 is 0 Å². The third-order valence-corrected chi connectivity index (χ3v) is 4.29. The lowest BCUT2D eigenvalue weighted by atomic mass is 10.1. The number of anilines is 1. The van der Waals surface area contributed by atoms with Gasteiger partial charge in [-0.05, 0) is 31.4 Å². The zero-order chi connectivity index (χ0) is 15.0. The van der Waals surface area contributed by atoms with Gasteiger partial charge in [0.05, 0.1) is 10.6 Å². The molecule has 1 aromatic carbocycles. The number of hydrogen-bond donors (Lipinski definition) is 1. The third kappa shape index (κ3) is 2.62. The van der Waals surface area contributed by atoms with E-state index >= 15 is 0 Å². The molecule has 108 valence electrons. The summed E-state index contributed by atoms with van der Waals surface area (Å²) in [5.41, 5.74) is 0.220. The number of fused-ring (bicyclic) bond motifs is 1. The second-order valence-electron chi connectivity index (χ2n) is 4.62. The van der Waals surface area contributed by atoms with Crippen LogP contribution >= 0.6 is 11.3 Å². The Morgan fingerprint density at radius 1 is 1.43 bits per heavy atom. The number of nitro groups is 1. The minimum Gasteiger partial charge on any atom is -0.298 e. The van der Waals surface area contributed by atoms with E-state index in [1.54, 1.807) is 0 Å². The highest BCUT2D eigenvalue weighted by molar-refractivity contribution is 7.16. The first-order chi connectivity index (χ1) is 10.0. The number of halogens is 1. The van der Waals surface area contributed by atoms with E-state index in [1.165, 1.54) is 11.3 Å². The molecule has 0 atom stereocenters. The molecule has 0 spiro atoms. The molecule has 1 amide bonds.